The van der Waals surface area contributed by atoms with Crippen LogP contribution in [0, 0.1) is 0 Å². The Morgan fingerprint density at radius 1 is 1.11 bits per heavy atom. The van der Waals surface area contributed by atoms with Gasteiger partial charge in [0.25, 0.3) is 5.89 Å². The predicted octanol–water partition coefficient (Wildman–Crippen LogP) is 1.70. The largest absolute Gasteiger partial charge is 0.384 e. The average Bonchev–Trinajstić information content (AvgIpc) is 2.88. The van der Waals surface area contributed by atoms with Crippen molar-refractivity contribution in [2.75, 3.05) is 5.73 Å². The second-order valence-corrected chi connectivity index (χ2v) is 4.02. The molecule has 0 aromatic carbocycles. The Morgan fingerprint density at radius 2 is 1.95 bits per heavy atom. The number of pyridine rings is 2. The Labute approximate surface area is 109 Å². The van der Waals surface area contributed by atoms with Gasteiger partial charge in [0, 0.05) is 30.6 Å². The maximum atomic E-state index is 5.62. The third-order valence-corrected chi connectivity index (χ3v) is 2.61. The van der Waals surface area contributed by atoms with Crippen molar-refractivity contribution in [3.05, 3.63) is 54.2 Å². The van der Waals surface area contributed by atoms with E-state index in [9.17, 15) is 0 Å². The van der Waals surface area contributed by atoms with Gasteiger partial charge < -0.3 is 10.3 Å². The molecular weight excluding hydrogens is 242 g/mol. The van der Waals surface area contributed by atoms with Crippen molar-refractivity contribution >= 4 is 5.82 Å². The molecule has 0 fully saturated rings. The average molecular weight is 253 g/mol. The summed E-state index contributed by atoms with van der Waals surface area (Å²) in [6.45, 7) is 0. The molecule has 3 aromatic rings. The fourth-order valence-electron chi connectivity index (χ4n) is 1.71. The summed E-state index contributed by atoms with van der Waals surface area (Å²) >= 11 is 0. The maximum Gasteiger partial charge on any atom is 0.258 e. The third-order valence-electron chi connectivity index (χ3n) is 2.61. The van der Waals surface area contributed by atoms with E-state index in [0.29, 0.717) is 24.0 Å². The molecule has 6 nitrogen and oxygen atoms in total. The Kier molecular flexibility index (Phi) is 2.89. The van der Waals surface area contributed by atoms with Gasteiger partial charge in [-0.1, -0.05) is 5.16 Å². The summed E-state index contributed by atoms with van der Waals surface area (Å²) < 4.78 is 5.22. The van der Waals surface area contributed by atoms with Crippen molar-refractivity contribution in [1.29, 1.82) is 0 Å². The van der Waals surface area contributed by atoms with Gasteiger partial charge in [-0.3, -0.25) is 4.98 Å². The van der Waals surface area contributed by atoms with Gasteiger partial charge in [-0.25, -0.2) is 4.98 Å². The normalized spacial score (nSPS) is 10.5. The van der Waals surface area contributed by atoms with Crippen LogP contribution in [0.15, 0.2) is 47.4 Å². The molecular formula is C13H11N5O. The number of anilines is 1. The molecule has 0 aliphatic heterocycles. The van der Waals surface area contributed by atoms with E-state index in [4.69, 9.17) is 10.3 Å². The molecule has 0 aliphatic rings. The molecule has 0 aliphatic carbocycles. The van der Waals surface area contributed by atoms with E-state index in [1.165, 1.54) is 0 Å². The summed E-state index contributed by atoms with van der Waals surface area (Å²) in [5, 5.41) is 3.95. The van der Waals surface area contributed by atoms with Gasteiger partial charge >= 0.3 is 0 Å². The van der Waals surface area contributed by atoms with Crippen molar-refractivity contribution in [3.8, 4) is 11.5 Å². The van der Waals surface area contributed by atoms with Crippen LogP contribution in [0.5, 0.6) is 0 Å². The summed E-state index contributed by atoms with van der Waals surface area (Å²) in [7, 11) is 0. The zero-order chi connectivity index (χ0) is 13.1. The number of hydrogen-bond acceptors (Lipinski definition) is 6. The number of hydrogen-bond donors (Lipinski definition) is 1. The first-order valence-corrected chi connectivity index (χ1v) is 5.74. The smallest absolute Gasteiger partial charge is 0.258 e. The van der Waals surface area contributed by atoms with Gasteiger partial charge in [0.2, 0.25) is 0 Å². The van der Waals surface area contributed by atoms with Crippen LogP contribution in [0.2, 0.25) is 0 Å². The second-order valence-electron chi connectivity index (χ2n) is 4.02. The molecule has 3 aromatic heterocycles. The minimum absolute atomic E-state index is 0.423. The Bertz CT molecular complexity index is 680. The van der Waals surface area contributed by atoms with Crippen LogP contribution in [-0.2, 0) is 6.42 Å². The van der Waals surface area contributed by atoms with E-state index in [2.05, 4.69) is 20.1 Å². The van der Waals surface area contributed by atoms with E-state index < -0.39 is 0 Å². The highest BCUT2D eigenvalue weighted by molar-refractivity contribution is 5.56. The number of rotatable bonds is 3. The Morgan fingerprint density at radius 3 is 2.74 bits per heavy atom. The number of aromatic nitrogens is 4. The van der Waals surface area contributed by atoms with Gasteiger partial charge in [-0.15, -0.1) is 0 Å². The highest BCUT2D eigenvalue weighted by atomic mass is 16.5. The van der Waals surface area contributed by atoms with Gasteiger partial charge in [-0.05, 0) is 29.8 Å². The topological polar surface area (TPSA) is 90.7 Å². The third kappa shape index (κ3) is 2.57. The highest BCUT2D eigenvalue weighted by Crippen LogP contribution is 2.18. The summed E-state index contributed by atoms with van der Waals surface area (Å²) in [6, 6.07) is 7.31. The van der Waals surface area contributed by atoms with E-state index in [0.717, 1.165) is 11.1 Å². The monoisotopic (exact) mass is 253 g/mol. The van der Waals surface area contributed by atoms with Crippen LogP contribution >= 0.6 is 0 Å². The molecule has 0 amide bonds. The lowest BCUT2D eigenvalue weighted by molar-refractivity contribution is 0.424. The van der Waals surface area contributed by atoms with Crippen molar-refractivity contribution < 1.29 is 4.52 Å². The molecule has 0 spiro atoms. The zero-order valence-electron chi connectivity index (χ0n) is 10.0. The van der Waals surface area contributed by atoms with Crippen LogP contribution in [0.4, 0.5) is 5.82 Å². The molecule has 0 unspecified atom stereocenters. The minimum Gasteiger partial charge on any atom is -0.384 e. The molecule has 94 valence electrons. The van der Waals surface area contributed by atoms with E-state index in [1.54, 1.807) is 30.7 Å². The summed E-state index contributed by atoms with van der Waals surface area (Å²) in [5.74, 6) is 1.49. The van der Waals surface area contributed by atoms with Crippen LogP contribution in [-0.4, -0.2) is 20.1 Å². The second kappa shape index (κ2) is 4.85. The summed E-state index contributed by atoms with van der Waals surface area (Å²) in [4.78, 5) is 12.2. The fourth-order valence-corrected chi connectivity index (χ4v) is 1.71. The van der Waals surface area contributed by atoms with Gasteiger partial charge in [0.15, 0.2) is 5.82 Å². The quantitative estimate of drug-likeness (QED) is 0.763. The van der Waals surface area contributed by atoms with Crippen LogP contribution < -0.4 is 5.73 Å². The molecule has 0 atom stereocenters. The van der Waals surface area contributed by atoms with Crippen molar-refractivity contribution in [3.63, 3.8) is 0 Å². The number of nitrogen functional groups attached to an aromatic ring is 1. The van der Waals surface area contributed by atoms with Gasteiger partial charge in [0.1, 0.15) is 5.82 Å². The lowest BCUT2D eigenvalue weighted by atomic mass is 10.2. The van der Waals surface area contributed by atoms with E-state index in [-0.39, 0.29) is 0 Å². The first-order chi connectivity index (χ1) is 9.31. The van der Waals surface area contributed by atoms with E-state index >= 15 is 0 Å². The summed E-state index contributed by atoms with van der Waals surface area (Å²) in [6.07, 6.45) is 5.68. The maximum absolute atomic E-state index is 5.62. The SMILES string of the molecule is Nc1cc(-c2nc(Cc3ccncc3)no2)ccn1. The lowest BCUT2D eigenvalue weighted by Crippen LogP contribution is -1.91. The molecule has 0 bridgehead atoms. The van der Waals surface area contributed by atoms with Crippen molar-refractivity contribution in [2.24, 2.45) is 0 Å². The number of nitrogens with two attached hydrogens (primary N) is 1. The van der Waals surface area contributed by atoms with E-state index in [1.807, 2.05) is 12.1 Å². The van der Waals surface area contributed by atoms with Crippen molar-refractivity contribution in [2.45, 2.75) is 6.42 Å². The molecule has 0 radical (unpaired) electrons. The van der Waals surface area contributed by atoms with Gasteiger partial charge in [-0.2, -0.15) is 4.98 Å². The highest BCUT2D eigenvalue weighted by Gasteiger charge is 2.09. The minimum atomic E-state index is 0.423. The molecule has 0 saturated carbocycles. The van der Waals surface area contributed by atoms with Crippen LogP contribution in [0.25, 0.3) is 11.5 Å². The molecule has 2 N–H and O–H groups in total. The standard InChI is InChI=1S/C13H11N5O/c14-11-8-10(3-6-16-11)13-17-12(18-19-13)7-9-1-4-15-5-2-9/h1-6,8H,7H2,(H2,14,16). The number of nitrogens with zero attached hydrogens (tertiary/aromatic N) is 4. The first kappa shape index (κ1) is 11.3. The van der Waals surface area contributed by atoms with Crippen LogP contribution in [0.3, 0.4) is 0 Å². The molecule has 3 rings (SSSR count). The van der Waals surface area contributed by atoms with Crippen molar-refractivity contribution in [1.82, 2.24) is 20.1 Å². The zero-order valence-corrected chi connectivity index (χ0v) is 10.0. The summed E-state index contributed by atoms with van der Waals surface area (Å²) in [5.41, 5.74) is 7.46. The first-order valence-electron chi connectivity index (χ1n) is 5.74. The predicted molar refractivity (Wildman–Crippen MR) is 69.0 cm³/mol. The Hall–Kier alpha value is -2.76. The molecule has 3 heterocycles. The molecule has 6 heteroatoms. The van der Waals surface area contributed by atoms with Crippen LogP contribution in [0.1, 0.15) is 11.4 Å². The lowest BCUT2D eigenvalue weighted by Gasteiger charge is -1.95. The fraction of sp³-hybridized carbons (Fsp3) is 0.0769. The Balaban J connectivity index is 1.84. The molecule has 19 heavy (non-hydrogen) atoms. The molecule has 0 saturated heterocycles. The van der Waals surface area contributed by atoms with Gasteiger partial charge in [0.05, 0.1) is 0 Å².